The average molecular weight is 356 g/mol. The van der Waals surface area contributed by atoms with Gasteiger partial charge in [0, 0.05) is 42.3 Å². The third kappa shape index (κ3) is 3.50. The molecular formula is C16H22ClN3O2S. The molecule has 2 heterocycles. The predicted molar refractivity (Wildman–Crippen MR) is 94.1 cm³/mol. The molecule has 0 radical (unpaired) electrons. The standard InChI is InChI=1S/C16H21N3O2S.ClH/c1-12(17)13-6-9-19(10-7-13)22(20,21)16-4-2-3-14-11-18-8-5-15(14)16;/h2-5,8,11-13H,6-7,9-10,17H2,1H3;1H/t12-;/m0./s1. The fourth-order valence-corrected chi connectivity index (χ4v) is 4.78. The van der Waals surface area contributed by atoms with Gasteiger partial charge in [-0.3, -0.25) is 4.98 Å². The fourth-order valence-electron chi connectivity index (χ4n) is 3.10. The molecule has 0 aliphatic carbocycles. The molecule has 1 aromatic heterocycles. The van der Waals surface area contributed by atoms with Gasteiger partial charge < -0.3 is 5.73 Å². The van der Waals surface area contributed by atoms with Crippen molar-refractivity contribution in [3.63, 3.8) is 0 Å². The maximum absolute atomic E-state index is 13.0. The van der Waals surface area contributed by atoms with Gasteiger partial charge in [-0.15, -0.1) is 12.4 Å². The van der Waals surface area contributed by atoms with Crippen molar-refractivity contribution in [2.24, 2.45) is 11.7 Å². The van der Waals surface area contributed by atoms with Gasteiger partial charge in [0.1, 0.15) is 0 Å². The van der Waals surface area contributed by atoms with E-state index >= 15 is 0 Å². The smallest absolute Gasteiger partial charge is 0.243 e. The largest absolute Gasteiger partial charge is 0.328 e. The molecule has 0 amide bonds. The molecule has 2 N–H and O–H groups in total. The molecule has 7 heteroatoms. The minimum Gasteiger partial charge on any atom is -0.328 e. The summed E-state index contributed by atoms with van der Waals surface area (Å²) >= 11 is 0. The number of fused-ring (bicyclic) bond motifs is 1. The zero-order valence-corrected chi connectivity index (χ0v) is 14.7. The molecule has 0 spiro atoms. The summed E-state index contributed by atoms with van der Waals surface area (Å²) in [7, 11) is -3.47. The van der Waals surface area contributed by atoms with Crippen LogP contribution in [-0.2, 0) is 10.0 Å². The molecule has 5 nitrogen and oxygen atoms in total. The SMILES string of the molecule is C[C@H](N)C1CCN(S(=O)(=O)c2cccc3cnccc23)CC1.Cl. The van der Waals surface area contributed by atoms with Crippen molar-refractivity contribution in [2.45, 2.75) is 30.7 Å². The Hall–Kier alpha value is -1.21. The average Bonchev–Trinajstić information content (AvgIpc) is 2.54. The van der Waals surface area contributed by atoms with Crippen LogP contribution in [0.4, 0.5) is 0 Å². The number of sulfonamides is 1. The lowest BCUT2D eigenvalue weighted by Gasteiger charge is -2.33. The van der Waals surface area contributed by atoms with E-state index in [1.807, 2.05) is 13.0 Å². The number of benzene rings is 1. The van der Waals surface area contributed by atoms with E-state index in [0.29, 0.717) is 23.9 Å². The highest BCUT2D eigenvalue weighted by atomic mass is 35.5. The summed E-state index contributed by atoms with van der Waals surface area (Å²) in [6.07, 6.45) is 4.97. The quantitative estimate of drug-likeness (QED) is 0.917. The predicted octanol–water partition coefficient (Wildman–Crippen LogP) is 2.40. The topological polar surface area (TPSA) is 76.3 Å². The number of nitrogens with zero attached hydrogens (tertiary/aromatic N) is 2. The van der Waals surface area contributed by atoms with E-state index in [0.717, 1.165) is 23.6 Å². The summed E-state index contributed by atoms with van der Waals surface area (Å²) in [4.78, 5) is 4.42. The molecule has 0 unspecified atom stereocenters. The van der Waals surface area contributed by atoms with Gasteiger partial charge in [0.2, 0.25) is 10.0 Å². The second-order valence-corrected chi connectivity index (χ2v) is 7.86. The van der Waals surface area contributed by atoms with Crippen molar-refractivity contribution in [3.8, 4) is 0 Å². The second kappa shape index (κ2) is 7.13. The zero-order valence-electron chi connectivity index (χ0n) is 13.1. The number of nitrogens with two attached hydrogens (primary N) is 1. The number of halogens is 1. The van der Waals surface area contributed by atoms with E-state index in [1.165, 1.54) is 0 Å². The van der Waals surface area contributed by atoms with Gasteiger partial charge in [0.05, 0.1) is 4.90 Å². The van der Waals surface area contributed by atoms with E-state index in [1.54, 1.807) is 34.9 Å². The van der Waals surface area contributed by atoms with E-state index in [2.05, 4.69) is 4.98 Å². The number of hydrogen-bond acceptors (Lipinski definition) is 4. The highest BCUT2D eigenvalue weighted by Gasteiger charge is 2.31. The number of pyridine rings is 1. The lowest BCUT2D eigenvalue weighted by atomic mass is 9.92. The van der Waals surface area contributed by atoms with Crippen molar-refractivity contribution in [1.82, 2.24) is 9.29 Å². The molecule has 1 atom stereocenters. The Morgan fingerprint density at radius 3 is 2.61 bits per heavy atom. The van der Waals surface area contributed by atoms with Crippen molar-refractivity contribution >= 4 is 33.2 Å². The maximum atomic E-state index is 13.0. The normalized spacial score (nSPS) is 18.5. The van der Waals surface area contributed by atoms with Crippen LogP contribution in [0.5, 0.6) is 0 Å². The van der Waals surface area contributed by atoms with Crippen molar-refractivity contribution < 1.29 is 8.42 Å². The summed E-state index contributed by atoms with van der Waals surface area (Å²) in [5.41, 5.74) is 5.93. The van der Waals surface area contributed by atoms with Crippen LogP contribution < -0.4 is 5.73 Å². The third-order valence-electron chi connectivity index (χ3n) is 4.50. The molecular weight excluding hydrogens is 334 g/mol. The Kier molecular flexibility index (Phi) is 5.62. The summed E-state index contributed by atoms with van der Waals surface area (Å²) in [5, 5.41) is 1.57. The second-order valence-electron chi connectivity index (χ2n) is 5.95. The van der Waals surface area contributed by atoms with Crippen LogP contribution in [0.1, 0.15) is 19.8 Å². The van der Waals surface area contributed by atoms with Crippen LogP contribution in [0.3, 0.4) is 0 Å². The van der Waals surface area contributed by atoms with Gasteiger partial charge in [0.15, 0.2) is 0 Å². The van der Waals surface area contributed by atoms with Gasteiger partial charge >= 0.3 is 0 Å². The van der Waals surface area contributed by atoms with Gasteiger partial charge in [-0.1, -0.05) is 12.1 Å². The number of hydrogen-bond donors (Lipinski definition) is 1. The Balaban J connectivity index is 0.00000192. The van der Waals surface area contributed by atoms with Crippen molar-refractivity contribution in [1.29, 1.82) is 0 Å². The lowest BCUT2D eigenvalue weighted by Crippen LogP contribution is -2.42. The van der Waals surface area contributed by atoms with Crippen LogP contribution in [0.2, 0.25) is 0 Å². The molecule has 1 saturated heterocycles. The Labute approximate surface area is 143 Å². The van der Waals surface area contributed by atoms with Crippen LogP contribution in [0.25, 0.3) is 10.8 Å². The molecule has 1 aliphatic rings. The molecule has 0 bridgehead atoms. The van der Waals surface area contributed by atoms with Gasteiger partial charge in [-0.2, -0.15) is 4.31 Å². The first-order chi connectivity index (χ1) is 10.5. The minimum absolute atomic E-state index is 0. The molecule has 2 aromatic rings. The summed E-state index contributed by atoms with van der Waals surface area (Å²) in [5.74, 6) is 0.406. The van der Waals surface area contributed by atoms with Crippen LogP contribution >= 0.6 is 12.4 Å². The molecule has 1 aromatic carbocycles. The van der Waals surface area contributed by atoms with Crippen LogP contribution in [0, 0.1) is 5.92 Å². The first-order valence-corrected chi connectivity index (χ1v) is 9.02. The van der Waals surface area contributed by atoms with E-state index in [9.17, 15) is 8.42 Å². The molecule has 3 rings (SSSR count). The third-order valence-corrected chi connectivity index (χ3v) is 6.46. The number of rotatable bonds is 3. The van der Waals surface area contributed by atoms with E-state index in [4.69, 9.17) is 5.73 Å². The molecule has 23 heavy (non-hydrogen) atoms. The first-order valence-electron chi connectivity index (χ1n) is 7.58. The van der Waals surface area contributed by atoms with E-state index < -0.39 is 10.0 Å². The molecule has 0 saturated carbocycles. The van der Waals surface area contributed by atoms with Gasteiger partial charge in [-0.25, -0.2) is 8.42 Å². The first kappa shape index (κ1) is 18.1. The summed E-state index contributed by atoms with van der Waals surface area (Å²) in [6, 6.07) is 7.20. The number of aromatic nitrogens is 1. The molecule has 1 fully saturated rings. The van der Waals surface area contributed by atoms with Crippen molar-refractivity contribution in [2.75, 3.05) is 13.1 Å². The molecule has 1 aliphatic heterocycles. The Morgan fingerprint density at radius 1 is 1.26 bits per heavy atom. The molecule has 126 valence electrons. The van der Waals surface area contributed by atoms with Crippen LogP contribution in [0.15, 0.2) is 41.6 Å². The zero-order chi connectivity index (χ0) is 15.7. The fraction of sp³-hybridized carbons (Fsp3) is 0.438. The highest BCUT2D eigenvalue weighted by Crippen LogP contribution is 2.29. The number of piperidine rings is 1. The maximum Gasteiger partial charge on any atom is 0.243 e. The Bertz CT molecular complexity index is 766. The van der Waals surface area contributed by atoms with Gasteiger partial charge in [-0.05, 0) is 37.8 Å². The minimum atomic E-state index is -3.47. The summed E-state index contributed by atoms with van der Waals surface area (Å²) in [6.45, 7) is 3.07. The van der Waals surface area contributed by atoms with Crippen molar-refractivity contribution in [3.05, 3.63) is 36.7 Å². The van der Waals surface area contributed by atoms with Gasteiger partial charge in [0.25, 0.3) is 0 Å². The lowest BCUT2D eigenvalue weighted by molar-refractivity contribution is 0.251. The summed E-state index contributed by atoms with van der Waals surface area (Å²) < 4.78 is 27.5. The monoisotopic (exact) mass is 355 g/mol. The Morgan fingerprint density at radius 2 is 1.96 bits per heavy atom. The van der Waals surface area contributed by atoms with E-state index in [-0.39, 0.29) is 18.4 Å². The highest BCUT2D eigenvalue weighted by molar-refractivity contribution is 7.89. The van der Waals surface area contributed by atoms with Crippen LogP contribution in [-0.4, -0.2) is 36.8 Å².